The van der Waals surface area contributed by atoms with Gasteiger partial charge in [0.25, 0.3) is 0 Å². The molecule has 0 aliphatic heterocycles. The summed E-state index contributed by atoms with van der Waals surface area (Å²) in [6, 6.07) is 13.8. The molecule has 1 atom stereocenters. The molecule has 0 spiro atoms. The summed E-state index contributed by atoms with van der Waals surface area (Å²) in [5.74, 6) is 0.0957. The van der Waals surface area contributed by atoms with Gasteiger partial charge in [0.1, 0.15) is 0 Å². The molecule has 0 aliphatic carbocycles. The minimum Gasteiger partial charge on any atom is -0.375 e. The van der Waals surface area contributed by atoms with E-state index in [4.69, 9.17) is 0 Å². The Morgan fingerprint density at radius 2 is 1.91 bits per heavy atom. The van der Waals surface area contributed by atoms with E-state index in [1.807, 2.05) is 38.1 Å². The Balaban J connectivity index is 1.87. The molecule has 0 aliphatic rings. The van der Waals surface area contributed by atoms with Crippen LogP contribution in [0.1, 0.15) is 28.4 Å². The average molecular weight is 292 g/mol. The number of carbonyl (C=O) groups excluding carboxylic acids is 1. The first kappa shape index (κ1) is 14.4. The maximum atomic E-state index is 12.7. The van der Waals surface area contributed by atoms with Gasteiger partial charge in [0, 0.05) is 28.4 Å². The van der Waals surface area contributed by atoms with Gasteiger partial charge in [-0.3, -0.25) is 4.79 Å². The standard InChI is InChI=1S/C19H20N2O/c1-12-8-9-13(2)18(10-12)21-14(3)19(22)16-11-20-17-7-5-4-6-15(16)17/h4-11,14,20-21H,1-3H3/t14-/m0/s1. The molecule has 0 bridgehead atoms. The lowest BCUT2D eigenvalue weighted by atomic mass is 10.0. The Morgan fingerprint density at radius 3 is 2.73 bits per heavy atom. The van der Waals surface area contributed by atoms with Crippen LogP contribution >= 0.6 is 0 Å². The monoisotopic (exact) mass is 292 g/mol. The van der Waals surface area contributed by atoms with Crippen molar-refractivity contribution in [3.8, 4) is 0 Å². The first-order chi connectivity index (χ1) is 10.6. The van der Waals surface area contributed by atoms with Crippen molar-refractivity contribution in [3.63, 3.8) is 0 Å². The SMILES string of the molecule is Cc1ccc(C)c(N[C@@H](C)C(=O)c2c[nH]c3ccccc23)c1. The summed E-state index contributed by atoms with van der Waals surface area (Å²) in [6.45, 7) is 6.01. The van der Waals surface area contributed by atoms with Crippen molar-refractivity contribution in [1.82, 2.24) is 4.98 Å². The van der Waals surface area contributed by atoms with Gasteiger partial charge in [-0.2, -0.15) is 0 Å². The van der Waals surface area contributed by atoms with Crippen LogP contribution in [0.3, 0.4) is 0 Å². The molecule has 0 saturated heterocycles. The second-order valence-electron chi connectivity index (χ2n) is 5.80. The van der Waals surface area contributed by atoms with Crippen molar-refractivity contribution in [2.75, 3.05) is 5.32 Å². The third-order valence-corrected chi connectivity index (χ3v) is 4.01. The predicted octanol–water partition coefficient (Wildman–Crippen LogP) is 4.47. The molecule has 1 aromatic heterocycles. The largest absolute Gasteiger partial charge is 0.375 e. The molecule has 112 valence electrons. The topological polar surface area (TPSA) is 44.9 Å². The number of ketones is 1. The van der Waals surface area contributed by atoms with Gasteiger partial charge >= 0.3 is 0 Å². The van der Waals surface area contributed by atoms with Crippen LogP contribution in [0.4, 0.5) is 5.69 Å². The van der Waals surface area contributed by atoms with Gasteiger partial charge in [0.05, 0.1) is 6.04 Å². The van der Waals surface area contributed by atoms with Gasteiger partial charge in [0.2, 0.25) is 0 Å². The highest BCUT2D eigenvalue weighted by Crippen LogP contribution is 2.22. The molecule has 2 N–H and O–H groups in total. The summed E-state index contributed by atoms with van der Waals surface area (Å²) in [7, 11) is 0. The van der Waals surface area contributed by atoms with Crippen molar-refractivity contribution in [2.24, 2.45) is 0 Å². The lowest BCUT2D eigenvalue weighted by Crippen LogP contribution is -2.26. The Kier molecular flexibility index (Phi) is 3.72. The van der Waals surface area contributed by atoms with Crippen LogP contribution in [-0.2, 0) is 0 Å². The van der Waals surface area contributed by atoms with E-state index in [1.165, 1.54) is 5.56 Å². The quantitative estimate of drug-likeness (QED) is 0.697. The van der Waals surface area contributed by atoms with E-state index >= 15 is 0 Å². The predicted molar refractivity (Wildman–Crippen MR) is 91.6 cm³/mol. The van der Waals surface area contributed by atoms with E-state index in [0.29, 0.717) is 0 Å². The van der Waals surface area contributed by atoms with Gasteiger partial charge in [0.15, 0.2) is 5.78 Å². The summed E-state index contributed by atoms with van der Waals surface area (Å²) in [5.41, 5.74) is 5.07. The number of fused-ring (bicyclic) bond motifs is 1. The maximum absolute atomic E-state index is 12.7. The van der Waals surface area contributed by atoms with Gasteiger partial charge in [-0.15, -0.1) is 0 Å². The van der Waals surface area contributed by atoms with Gasteiger partial charge in [-0.25, -0.2) is 0 Å². The number of aryl methyl sites for hydroxylation is 2. The summed E-state index contributed by atoms with van der Waals surface area (Å²) in [6.07, 6.45) is 1.80. The molecule has 0 unspecified atom stereocenters. The van der Waals surface area contributed by atoms with E-state index < -0.39 is 0 Å². The van der Waals surface area contributed by atoms with E-state index in [1.54, 1.807) is 6.20 Å². The van der Waals surface area contributed by atoms with Crippen LogP contribution in [0.25, 0.3) is 10.9 Å². The molecule has 3 nitrogen and oxygen atoms in total. The Labute approximate surface area is 130 Å². The van der Waals surface area contributed by atoms with Crippen LogP contribution in [0, 0.1) is 13.8 Å². The number of hydrogen-bond acceptors (Lipinski definition) is 2. The number of nitrogens with one attached hydrogen (secondary N) is 2. The zero-order valence-corrected chi connectivity index (χ0v) is 13.1. The smallest absolute Gasteiger partial charge is 0.186 e. The van der Waals surface area contributed by atoms with Crippen LogP contribution in [0.5, 0.6) is 0 Å². The first-order valence-electron chi connectivity index (χ1n) is 7.50. The minimum absolute atomic E-state index is 0.0957. The second kappa shape index (κ2) is 5.68. The number of para-hydroxylation sites is 1. The highest BCUT2D eigenvalue weighted by molar-refractivity contribution is 6.11. The molecule has 2 aromatic carbocycles. The number of aromatic nitrogens is 1. The second-order valence-corrected chi connectivity index (χ2v) is 5.80. The molecule has 3 heteroatoms. The van der Waals surface area contributed by atoms with Gasteiger partial charge in [-0.1, -0.05) is 30.3 Å². The normalized spacial score (nSPS) is 12.3. The van der Waals surface area contributed by atoms with E-state index in [0.717, 1.165) is 27.7 Å². The Morgan fingerprint density at radius 1 is 1.14 bits per heavy atom. The number of hydrogen-bond donors (Lipinski definition) is 2. The molecule has 1 heterocycles. The number of benzene rings is 2. The van der Waals surface area contributed by atoms with Crippen LogP contribution in [-0.4, -0.2) is 16.8 Å². The fourth-order valence-electron chi connectivity index (χ4n) is 2.70. The van der Waals surface area contributed by atoms with Crippen LogP contribution in [0.2, 0.25) is 0 Å². The van der Waals surface area contributed by atoms with Crippen LogP contribution < -0.4 is 5.32 Å². The summed E-state index contributed by atoms with van der Waals surface area (Å²) >= 11 is 0. The van der Waals surface area contributed by atoms with Crippen molar-refractivity contribution >= 4 is 22.4 Å². The van der Waals surface area contributed by atoms with E-state index in [9.17, 15) is 4.79 Å². The summed E-state index contributed by atoms with van der Waals surface area (Å²) in [5, 5.41) is 4.31. The summed E-state index contributed by atoms with van der Waals surface area (Å²) < 4.78 is 0. The van der Waals surface area contributed by atoms with Crippen LogP contribution in [0.15, 0.2) is 48.7 Å². The lowest BCUT2D eigenvalue weighted by Gasteiger charge is -2.16. The molecule has 0 amide bonds. The number of Topliss-reactive ketones (excluding diaryl/α,β-unsaturated/α-hetero) is 1. The molecular formula is C19H20N2O. The number of H-pyrrole nitrogens is 1. The first-order valence-corrected chi connectivity index (χ1v) is 7.50. The minimum atomic E-state index is -0.278. The molecule has 3 aromatic rings. The van der Waals surface area contributed by atoms with E-state index in [2.05, 4.69) is 35.4 Å². The van der Waals surface area contributed by atoms with Crippen molar-refractivity contribution < 1.29 is 4.79 Å². The maximum Gasteiger partial charge on any atom is 0.186 e. The fraction of sp³-hybridized carbons (Fsp3) is 0.211. The molecule has 3 rings (SSSR count). The van der Waals surface area contributed by atoms with Crippen molar-refractivity contribution in [3.05, 3.63) is 65.4 Å². The third-order valence-electron chi connectivity index (χ3n) is 4.01. The highest BCUT2D eigenvalue weighted by atomic mass is 16.1. The van der Waals surface area contributed by atoms with Crippen molar-refractivity contribution in [1.29, 1.82) is 0 Å². The Bertz CT molecular complexity index is 832. The highest BCUT2D eigenvalue weighted by Gasteiger charge is 2.19. The number of anilines is 1. The number of carbonyl (C=O) groups is 1. The zero-order chi connectivity index (χ0) is 15.7. The molecule has 0 saturated carbocycles. The average Bonchev–Trinajstić information content (AvgIpc) is 2.94. The van der Waals surface area contributed by atoms with E-state index in [-0.39, 0.29) is 11.8 Å². The third kappa shape index (κ3) is 2.62. The molecular weight excluding hydrogens is 272 g/mol. The molecule has 22 heavy (non-hydrogen) atoms. The van der Waals surface area contributed by atoms with Crippen molar-refractivity contribution in [2.45, 2.75) is 26.8 Å². The molecule has 0 radical (unpaired) electrons. The number of rotatable bonds is 4. The van der Waals surface area contributed by atoms with Gasteiger partial charge < -0.3 is 10.3 Å². The summed E-state index contributed by atoms with van der Waals surface area (Å²) in [4.78, 5) is 15.9. The zero-order valence-electron chi connectivity index (χ0n) is 13.1. The molecule has 0 fully saturated rings. The fourth-order valence-corrected chi connectivity index (χ4v) is 2.70. The van der Waals surface area contributed by atoms with Gasteiger partial charge in [-0.05, 0) is 44.0 Å². The Hall–Kier alpha value is -2.55. The number of aromatic amines is 1. The lowest BCUT2D eigenvalue weighted by molar-refractivity contribution is 0.0977.